The molecular formula is C11H16N2O2. The fourth-order valence-corrected chi connectivity index (χ4v) is 2.57. The third kappa shape index (κ3) is 1.35. The molecule has 2 atom stereocenters. The highest BCUT2D eigenvalue weighted by molar-refractivity contribution is 5.77. The minimum absolute atomic E-state index is 0.0983. The van der Waals surface area contributed by atoms with Crippen molar-refractivity contribution in [1.82, 2.24) is 9.78 Å². The van der Waals surface area contributed by atoms with Crippen LogP contribution in [0.2, 0.25) is 0 Å². The molecule has 1 heterocycles. The Morgan fingerprint density at radius 1 is 1.60 bits per heavy atom. The van der Waals surface area contributed by atoms with Crippen LogP contribution in [0.1, 0.15) is 31.2 Å². The van der Waals surface area contributed by atoms with Crippen molar-refractivity contribution in [3.05, 3.63) is 17.5 Å². The first-order chi connectivity index (χ1) is 6.85. The first kappa shape index (κ1) is 10.2. The summed E-state index contributed by atoms with van der Waals surface area (Å²) in [5.41, 5.74) is 1.83. The van der Waals surface area contributed by atoms with Crippen LogP contribution in [0, 0.1) is 18.3 Å². The van der Waals surface area contributed by atoms with Gasteiger partial charge in [0.25, 0.3) is 0 Å². The lowest BCUT2D eigenvalue weighted by atomic mass is 10.1. The predicted octanol–water partition coefficient (Wildman–Crippen LogP) is 1.55. The Labute approximate surface area is 88.9 Å². The van der Waals surface area contributed by atoms with Gasteiger partial charge in [0, 0.05) is 18.7 Å². The fraction of sp³-hybridized carbons (Fsp3) is 0.636. The molecule has 1 aliphatic rings. The molecule has 0 spiro atoms. The summed E-state index contributed by atoms with van der Waals surface area (Å²) in [4.78, 5) is 11.0. The lowest BCUT2D eigenvalue weighted by Gasteiger charge is -2.02. The molecule has 1 aliphatic carbocycles. The van der Waals surface area contributed by atoms with E-state index in [1.807, 2.05) is 33.9 Å². The third-order valence-corrected chi connectivity index (χ3v) is 3.45. The summed E-state index contributed by atoms with van der Waals surface area (Å²) < 4.78 is 1.80. The van der Waals surface area contributed by atoms with E-state index in [0.29, 0.717) is 0 Å². The molecule has 4 heteroatoms. The van der Waals surface area contributed by atoms with Gasteiger partial charge in [-0.1, -0.05) is 13.8 Å². The number of nitrogens with zero attached hydrogens (tertiary/aromatic N) is 2. The van der Waals surface area contributed by atoms with Crippen LogP contribution >= 0.6 is 0 Å². The van der Waals surface area contributed by atoms with Crippen molar-refractivity contribution in [2.45, 2.75) is 26.7 Å². The van der Waals surface area contributed by atoms with Crippen LogP contribution in [0.5, 0.6) is 0 Å². The summed E-state index contributed by atoms with van der Waals surface area (Å²) in [5.74, 6) is -0.877. The van der Waals surface area contributed by atoms with Gasteiger partial charge in [-0.2, -0.15) is 5.10 Å². The molecule has 1 aromatic heterocycles. The molecule has 0 bridgehead atoms. The average Bonchev–Trinajstić information content (AvgIpc) is 2.48. The molecule has 4 nitrogen and oxygen atoms in total. The van der Waals surface area contributed by atoms with Crippen molar-refractivity contribution in [2.24, 2.45) is 18.4 Å². The summed E-state index contributed by atoms with van der Waals surface area (Å²) in [6.45, 7) is 5.92. The summed E-state index contributed by atoms with van der Waals surface area (Å²) in [6.07, 6.45) is 0. The van der Waals surface area contributed by atoms with Gasteiger partial charge in [0.05, 0.1) is 11.6 Å². The van der Waals surface area contributed by atoms with E-state index in [2.05, 4.69) is 5.10 Å². The number of hydrogen-bond acceptors (Lipinski definition) is 2. The van der Waals surface area contributed by atoms with Crippen LogP contribution in [-0.4, -0.2) is 20.9 Å². The molecule has 0 amide bonds. The highest BCUT2D eigenvalue weighted by atomic mass is 16.4. The molecule has 1 fully saturated rings. The zero-order chi connectivity index (χ0) is 11.4. The van der Waals surface area contributed by atoms with E-state index >= 15 is 0 Å². The summed E-state index contributed by atoms with van der Waals surface area (Å²) in [6, 6.07) is 1.98. The number of aryl methyl sites for hydroxylation is 2. The first-order valence-corrected chi connectivity index (χ1v) is 5.09. The first-order valence-electron chi connectivity index (χ1n) is 5.09. The van der Waals surface area contributed by atoms with E-state index in [0.717, 1.165) is 11.4 Å². The Bertz CT molecular complexity index is 420. The Kier molecular flexibility index (Phi) is 1.93. The maximum absolute atomic E-state index is 11.0. The van der Waals surface area contributed by atoms with Crippen LogP contribution < -0.4 is 0 Å². The minimum Gasteiger partial charge on any atom is -0.481 e. The zero-order valence-electron chi connectivity index (χ0n) is 9.48. The Balaban J connectivity index is 2.35. The molecule has 0 aromatic carbocycles. The summed E-state index contributed by atoms with van der Waals surface area (Å²) >= 11 is 0. The van der Waals surface area contributed by atoms with Crippen molar-refractivity contribution in [2.75, 3.05) is 0 Å². The normalized spacial score (nSPS) is 27.7. The largest absolute Gasteiger partial charge is 0.481 e. The standard InChI is InChI=1S/C11H16N2O2/c1-6-5-7(13(4)12-6)8-9(10(14)15)11(8,2)3/h5,8-9H,1-4H3,(H,14,15)/t8-,9+/m1/s1. The zero-order valence-corrected chi connectivity index (χ0v) is 9.48. The van der Waals surface area contributed by atoms with Gasteiger partial charge in [-0.15, -0.1) is 0 Å². The SMILES string of the molecule is Cc1cc([C@@H]2[C@@H](C(=O)O)C2(C)C)n(C)n1. The van der Waals surface area contributed by atoms with Gasteiger partial charge in [0.1, 0.15) is 0 Å². The second-order valence-corrected chi connectivity index (χ2v) is 4.95. The van der Waals surface area contributed by atoms with Crippen molar-refractivity contribution in [1.29, 1.82) is 0 Å². The number of carbonyl (C=O) groups is 1. The van der Waals surface area contributed by atoms with E-state index in [9.17, 15) is 4.79 Å². The van der Waals surface area contributed by atoms with E-state index in [-0.39, 0.29) is 17.3 Å². The maximum atomic E-state index is 11.0. The number of aliphatic carboxylic acids is 1. The highest BCUT2D eigenvalue weighted by Gasteiger charge is 2.63. The van der Waals surface area contributed by atoms with Gasteiger partial charge in [-0.3, -0.25) is 9.48 Å². The average molecular weight is 208 g/mol. The lowest BCUT2D eigenvalue weighted by Crippen LogP contribution is -2.03. The highest BCUT2D eigenvalue weighted by Crippen LogP contribution is 2.64. The molecular weight excluding hydrogens is 192 g/mol. The van der Waals surface area contributed by atoms with Crippen molar-refractivity contribution in [3.63, 3.8) is 0 Å². The van der Waals surface area contributed by atoms with Crippen LogP contribution in [-0.2, 0) is 11.8 Å². The smallest absolute Gasteiger partial charge is 0.307 e. The van der Waals surface area contributed by atoms with Gasteiger partial charge < -0.3 is 5.11 Å². The number of carboxylic acid groups (broad SMARTS) is 1. The molecule has 0 saturated heterocycles. The van der Waals surface area contributed by atoms with Crippen LogP contribution in [0.4, 0.5) is 0 Å². The Morgan fingerprint density at radius 3 is 2.53 bits per heavy atom. The van der Waals surface area contributed by atoms with Gasteiger partial charge in [0.2, 0.25) is 0 Å². The molecule has 1 saturated carbocycles. The topological polar surface area (TPSA) is 55.1 Å². The van der Waals surface area contributed by atoms with Crippen LogP contribution in [0.25, 0.3) is 0 Å². The van der Waals surface area contributed by atoms with E-state index in [1.165, 1.54) is 0 Å². The maximum Gasteiger partial charge on any atom is 0.307 e. The molecule has 0 aliphatic heterocycles. The monoisotopic (exact) mass is 208 g/mol. The molecule has 1 N–H and O–H groups in total. The van der Waals surface area contributed by atoms with Gasteiger partial charge >= 0.3 is 5.97 Å². The van der Waals surface area contributed by atoms with E-state index < -0.39 is 5.97 Å². The fourth-order valence-electron chi connectivity index (χ4n) is 2.57. The number of hydrogen-bond donors (Lipinski definition) is 1. The third-order valence-electron chi connectivity index (χ3n) is 3.45. The van der Waals surface area contributed by atoms with Crippen LogP contribution in [0.15, 0.2) is 6.07 Å². The molecule has 1 aromatic rings. The summed E-state index contributed by atoms with van der Waals surface area (Å²) in [5, 5.41) is 13.3. The Hall–Kier alpha value is -1.32. The molecule has 0 radical (unpaired) electrons. The van der Waals surface area contributed by atoms with Crippen molar-refractivity contribution >= 4 is 5.97 Å². The lowest BCUT2D eigenvalue weighted by molar-refractivity contribution is -0.139. The number of carboxylic acids is 1. The van der Waals surface area contributed by atoms with Gasteiger partial charge in [-0.05, 0) is 18.4 Å². The quantitative estimate of drug-likeness (QED) is 0.802. The summed E-state index contributed by atoms with van der Waals surface area (Å²) in [7, 11) is 1.87. The van der Waals surface area contributed by atoms with Crippen LogP contribution in [0.3, 0.4) is 0 Å². The van der Waals surface area contributed by atoms with Gasteiger partial charge in [0.15, 0.2) is 0 Å². The number of rotatable bonds is 2. The molecule has 82 valence electrons. The second-order valence-electron chi connectivity index (χ2n) is 4.95. The van der Waals surface area contributed by atoms with E-state index in [1.54, 1.807) is 4.68 Å². The number of aromatic nitrogens is 2. The van der Waals surface area contributed by atoms with Gasteiger partial charge in [-0.25, -0.2) is 0 Å². The predicted molar refractivity (Wildman–Crippen MR) is 55.6 cm³/mol. The second kappa shape index (κ2) is 2.84. The van der Waals surface area contributed by atoms with E-state index in [4.69, 9.17) is 5.11 Å². The van der Waals surface area contributed by atoms with Crippen molar-refractivity contribution < 1.29 is 9.90 Å². The molecule has 15 heavy (non-hydrogen) atoms. The Morgan fingerprint density at radius 2 is 2.20 bits per heavy atom. The molecule has 0 unspecified atom stereocenters. The minimum atomic E-state index is -0.705. The van der Waals surface area contributed by atoms with Crippen molar-refractivity contribution in [3.8, 4) is 0 Å². The molecule has 2 rings (SSSR count).